The summed E-state index contributed by atoms with van der Waals surface area (Å²) in [5, 5.41) is 27.4. The third kappa shape index (κ3) is 6.62. The number of carbonyl (C=O) groups excluding carboxylic acids is 2. The lowest BCUT2D eigenvalue weighted by Crippen LogP contribution is -2.39. The fourth-order valence-electron chi connectivity index (χ4n) is 4.90. The summed E-state index contributed by atoms with van der Waals surface area (Å²) in [7, 11) is 3.90. The molecule has 0 saturated carbocycles. The fraction of sp³-hybridized carbons (Fsp3) is 0.462. The lowest BCUT2D eigenvalue weighted by atomic mass is 9.81. The zero-order valence-electron chi connectivity index (χ0n) is 21.1. The maximum Gasteiger partial charge on any atom is 0.200 e. The molecule has 8 nitrogen and oxygen atoms in total. The van der Waals surface area contributed by atoms with Crippen LogP contribution < -0.4 is 10.6 Å². The molecular weight excluding hydrogens is 539 g/mol. The first-order valence-corrected chi connectivity index (χ1v) is 12.6. The molecule has 0 bridgehead atoms. The summed E-state index contributed by atoms with van der Waals surface area (Å²) >= 11 is 6.06. The molecule has 37 heavy (non-hydrogen) atoms. The molecule has 2 aliphatic rings. The molecule has 1 aliphatic heterocycles. The Hall–Kier alpha value is -2.23. The van der Waals surface area contributed by atoms with Crippen molar-refractivity contribution < 1.29 is 19.8 Å². The number of hydrogen-bond donors (Lipinski definition) is 4. The molecule has 0 radical (unpaired) electrons. The zero-order chi connectivity index (χ0) is 25.1. The van der Waals surface area contributed by atoms with Gasteiger partial charge >= 0.3 is 0 Å². The standard InChI is InChI=1S/C26H33ClN4O4.2ClH/c1-30(2)12-9-28-17-5-6-18(29-10-13-31-11-3-4-16(14-27)15-31)22-21(17)25(34)23-19(32)7-8-20(33)24(23)26(22)35;;/h5-8,16,28-29,32-33H,3-4,9-15H2,1-2H3;2*1H. The highest BCUT2D eigenvalue weighted by atomic mass is 35.5. The van der Waals surface area contributed by atoms with Crippen molar-refractivity contribution in [3.63, 3.8) is 0 Å². The van der Waals surface area contributed by atoms with Crippen LogP contribution in [0.1, 0.15) is 44.7 Å². The van der Waals surface area contributed by atoms with E-state index in [0.717, 1.165) is 39.0 Å². The molecule has 1 heterocycles. The normalized spacial score (nSPS) is 16.9. The highest BCUT2D eigenvalue weighted by Crippen LogP contribution is 2.42. The number of nitrogens with one attached hydrogen (secondary N) is 2. The van der Waals surface area contributed by atoms with Gasteiger partial charge in [-0.3, -0.25) is 9.59 Å². The predicted octanol–water partition coefficient (Wildman–Crippen LogP) is 4.05. The van der Waals surface area contributed by atoms with Crippen molar-refractivity contribution in [1.82, 2.24) is 9.80 Å². The number of carbonyl (C=O) groups is 2. The lowest BCUT2D eigenvalue weighted by molar-refractivity contribution is 0.0975. The minimum absolute atomic E-state index is 0. The summed E-state index contributed by atoms with van der Waals surface area (Å²) in [5.41, 5.74) is 1.19. The van der Waals surface area contributed by atoms with E-state index in [0.29, 0.717) is 36.3 Å². The van der Waals surface area contributed by atoms with Crippen LogP contribution in [-0.4, -0.2) is 90.8 Å². The van der Waals surface area contributed by atoms with Crippen LogP contribution >= 0.6 is 36.4 Å². The van der Waals surface area contributed by atoms with E-state index >= 15 is 0 Å². The Morgan fingerprint density at radius 2 is 1.46 bits per heavy atom. The number of halogens is 3. The van der Waals surface area contributed by atoms with E-state index < -0.39 is 11.6 Å². The van der Waals surface area contributed by atoms with Crippen LogP contribution in [-0.2, 0) is 0 Å². The molecule has 2 aromatic carbocycles. The van der Waals surface area contributed by atoms with E-state index in [-0.39, 0.29) is 58.6 Å². The van der Waals surface area contributed by atoms with E-state index in [1.54, 1.807) is 12.1 Å². The molecule has 0 aromatic heterocycles. The van der Waals surface area contributed by atoms with Gasteiger partial charge in [0.1, 0.15) is 11.5 Å². The number of alkyl halides is 1. The van der Waals surface area contributed by atoms with Crippen LogP contribution in [0.2, 0.25) is 0 Å². The average Bonchev–Trinajstić information content (AvgIpc) is 2.84. The van der Waals surface area contributed by atoms with Crippen LogP contribution in [0.5, 0.6) is 11.5 Å². The number of fused-ring (bicyclic) bond motifs is 2. The highest BCUT2D eigenvalue weighted by Gasteiger charge is 2.38. The molecule has 1 saturated heterocycles. The maximum absolute atomic E-state index is 13.6. The summed E-state index contributed by atoms with van der Waals surface area (Å²) in [6, 6.07) is 6.06. The minimum atomic E-state index is -0.486. The highest BCUT2D eigenvalue weighted by molar-refractivity contribution is 6.33. The SMILES string of the molecule is CN(C)CCNc1ccc(NCCN2CCCC(CCl)C2)c2c1C(=O)c1c(O)ccc(O)c1C2=O.Cl.Cl. The van der Waals surface area contributed by atoms with Crippen LogP contribution in [0.4, 0.5) is 11.4 Å². The number of anilines is 2. The van der Waals surface area contributed by atoms with Crippen molar-refractivity contribution in [3.8, 4) is 11.5 Å². The number of likely N-dealkylation sites (tertiary alicyclic amines) is 1. The van der Waals surface area contributed by atoms with Crippen molar-refractivity contribution in [1.29, 1.82) is 0 Å². The first-order valence-electron chi connectivity index (χ1n) is 12.0. The fourth-order valence-corrected chi connectivity index (χ4v) is 5.15. The van der Waals surface area contributed by atoms with Gasteiger partial charge in [0.2, 0.25) is 11.6 Å². The average molecular weight is 574 g/mol. The van der Waals surface area contributed by atoms with Crippen LogP contribution in [0.25, 0.3) is 0 Å². The number of aromatic hydroxyl groups is 2. The largest absolute Gasteiger partial charge is 0.507 e. The van der Waals surface area contributed by atoms with Gasteiger partial charge in [-0.15, -0.1) is 36.4 Å². The molecule has 1 fully saturated rings. The van der Waals surface area contributed by atoms with Crippen LogP contribution in [0.15, 0.2) is 24.3 Å². The smallest absolute Gasteiger partial charge is 0.200 e. The van der Waals surface area contributed by atoms with Gasteiger partial charge in [0.05, 0.1) is 22.3 Å². The van der Waals surface area contributed by atoms with E-state index in [9.17, 15) is 19.8 Å². The number of ketones is 2. The first-order chi connectivity index (χ1) is 16.8. The molecule has 4 N–H and O–H groups in total. The molecule has 1 atom stereocenters. The Morgan fingerprint density at radius 1 is 0.919 bits per heavy atom. The van der Waals surface area contributed by atoms with Gasteiger partial charge in [0, 0.05) is 50.0 Å². The Labute approximate surface area is 235 Å². The van der Waals surface area contributed by atoms with Crippen molar-refractivity contribution in [3.05, 3.63) is 46.5 Å². The molecule has 0 spiro atoms. The Balaban J connectivity index is 0.00000241. The van der Waals surface area contributed by atoms with Gasteiger partial charge in [-0.25, -0.2) is 0 Å². The van der Waals surface area contributed by atoms with Gasteiger partial charge in [-0.2, -0.15) is 0 Å². The summed E-state index contributed by atoms with van der Waals surface area (Å²) in [6.45, 7) is 4.66. The number of piperidine rings is 1. The topological polar surface area (TPSA) is 105 Å². The van der Waals surface area contributed by atoms with Crippen molar-refractivity contribution in [2.45, 2.75) is 12.8 Å². The second kappa shape index (κ2) is 13.5. The number of hydrogen-bond acceptors (Lipinski definition) is 8. The van der Waals surface area contributed by atoms with Gasteiger partial charge in [-0.1, -0.05) is 0 Å². The third-order valence-corrected chi connectivity index (χ3v) is 7.15. The van der Waals surface area contributed by atoms with Gasteiger partial charge in [-0.05, 0) is 63.7 Å². The Kier molecular flexibility index (Phi) is 11.3. The molecule has 1 unspecified atom stereocenters. The summed E-state index contributed by atoms with van der Waals surface area (Å²) in [4.78, 5) is 31.5. The molecule has 0 amide bonds. The van der Waals surface area contributed by atoms with Crippen LogP contribution in [0.3, 0.4) is 0 Å². The maximum atomic E-state index is 13.6. The molecule has 2 aromatic rings. The monoisotopic (exact) mass is 572 g/mol. The minimum Gasteiger partial charge on any atom is -0.507 e. The first kappa shape index (κ1) is 31.0. The quantitative estimate of drug-likeness (QED) is 0.224. The second-order valence-corrected chi connectivity index (χ2v) is 9.85. The third-order valence-electron chi connectivity index (χ3n) is 6.71. The van der Waals surface area contributed by atoms with E-state index in [2.05, 4.69) is 15.5 Å². The number of nitrogens with zero attached hydrogens (tertiary/aromatic N) is 2. The molecule has 1 aliphatic carbocycles. The van der Waals surface area contributed by atoms with E-state index in [1.807, 2.05) is 19.0 Å². The molecular formula is C26H35Cl3N4O4. The lowest BCUT2D eigenvalue weighted by Gasteiger charge is -2.32. The zero-order valence-corrected chi connectivity index (χ0v) is 23.4. The van der Waals surface area contributed by atoms with Crippen molar-refractivity contribution in [2.75, 3.05) is 69.9 Å². The molecule has 11 heteroatoms. The van der Waals surface area contributed by atoms with E-state index in [1.165, 1.54) is 12.1 Å². The Morgan fingerprint density at radius 3 is 1.97 bits per heavy atom. The number of benzene rings is 2. The Bertz CT molecular complexity index is 1130. The van der Waals surface area contributed by atoms with Crippen molar-refractivity contribution >= 4 is 59.4 Å². The summed E-state index contributed by atoms with van der Waals surface area (Å²) in [6.07, 6.45) is 2.27. The van der Waals surface area contributed by atoms with Crippen LogP contribution in [0, 0.1) is 5.92 Å². The summed E-state index contributed by atoms with van der Waals surface area (Å²) in [5.74, 6) is -0.456. The molecule has 4 rings (SSSR count). The van der Waals surface area contributed by atoms with Crippen molar-refractivity contribution in [2.24, 2.45) is 5.92 Å². The number of phenols is 2. The second-order valence-electron chi connectivity index (χ2n) is 9.54. The van der Waals surface area contributed by atoms with Gasteiger partial charge < -0.3 is 30.6 Å². The summed E-state index contributed by atoms with van der Waals surface area (Å²) < 4.78 is 0. The van der Waals surface area contributed by atoms with Gasteiger partial charge in [0.25, 0.3) is 0 Å². The van der Waals surface area contributed by atoms with E-state index in [4.69, 9.17) is 11.6 Å². The number of likely N-dealkylation sites (N-methyl/N-ethyl adjacent to an activating group) is 1. The number of phenolic OH excluding ortho intramolecular Hbond substituents is 2. The number of rotatable bonds is 9. The molecule has 204 valence electrons. The predicted molar refractivity (Wildman–Crippen MR) is 153 cm³/mol. The van der Waals surface area contributed by atoms with Gasteiger partial charge in [0.15, 0.2) is 0 Å².